The van der Waals surface area contributed by atoms with Crippen LogP contribution in [0.4, 0.5) is 14.9 Å². The standard InChI is InChI=1S/C13H15FN2O4/c14-9-1-2-11(10(5-9)12(17)18)16-13(19)15-6-8-3-4-20-7-8/h1-2,5,8H,3-4,6-7H2,(H,17,18)(H2,15,16,19). The van der Waals surface area contributed by atoms with Gasteiger partial charge in [0.2, 0.25) is 0 Å². The van der Waals surface area contributed by atoms with Crippen LogP contribution in [0.15, 0.2) is 18.2 Å². The molecule has 7 heteroatoms. The Morgan fingerprint density at radius 3 is 2.90 bits per heavy atom. The Balaban J connectivity index is 1.94. The zero-order valence-corrected chi connectivity index (χ0v) is 10.7. The van der Waals surface area contributed by atoms with Gasteiger partial charge in [0.15, 0.2) is 0 Å². The van der Waals surface area contributed by atoms with Crippen molar-refractivity contribution in [2.45, 2.75) is 6.42 Å². The number of carbonyl (C=O) groups excluding carboxylic acids is 1. The molecular formula is C13H15FN2O4. The number of urea groups is 1. The zero-order valence-electron chi connectivity index (χ0n) is 10.7. The minimum atomic E-state index is -1.30. The van der Waals surface area contributed by atoms with E-state index in [1.165, 1.54) is 6.07 Å². The maximum absolute atomic E-state index is 13.0. The molecule has 0 aliphatic carbocycles. The fourth-order valence-corrected chi connectivity index (χ4v) is 1.95. The molecule has 0 saturated carbocycles. The van der Waals surface area contributed by atoms with Crippen molar-refractivity contribution in [3.8, 4) is 0 Å². The summed E-state index contributed by atoms with van der Waals surface area (Å²) in [5, 5.41) is 14.0. The van der Waals surface area contributed by atoms with Gasteiger partial charge in [-0.1, -0.05) is 0 Å². The number of carbonyl (C=O) groups is 2. The van der Waals surface area contributed by atoms with Crippen LogP contribution in [0.5, 0.6) is 0 Å². The SMILES string of the molecule is O=C(NCC1CCOC1)Nc1ccc(F)cc1C(=O)O. The fourth-order valence-electron chi connectivity index (χ4n) is 1.95. The molecule has 1 aliphatic heterocycles. The molecule has 1 saturated heterocycles. The van der Waals surface area contributed by atoms with E-state index in [-0.39, 0.29) is 17.2 Å². The molecule has 1 unspecified atom stereocenters. The molecule has 0 spiro atoms. The van der Waals surface area contributed by atoms with Gasteiger partial charge in [-0.2, -0.15) is 0 Å². The number of ether oxygens (including phenoxy) is 1. The Labute approximate surface area is 114 Å². The van der Waals surface area contributed by atoms with Crippen LogP contribution in [-0.4, -0.2) is 36.9 Å². The van der Waals surface area contributed by atoms with E-state index in [2.05, 4.69) is 10.6 Å². The average molecular weight is 282 g/mol. The monoisotopic (exact) mass is 282 g/mol. The number of anilines is 1. The molecule has 2 amide bonds. The molecule has 6 nitrogen and oxygen atoms in total. The highest BCUT2D eigenvalue weighted by Crippen LogP contribution is 2.17. The maximum atomic E-state index is 13.0. The lowest BCUT2D eigenvalue weighted by atomic mass is 10.1. The first-order valence-electron chi connectivity index (χ1n) is 6.21. The molecule has 0 radical (unpaired) electrons. The van der Waals surface area contributed by atoms with Gasteiger partial charge < -0.3 is 20.5 Å². The third-order valence-corrected chi connectivity index (χ3v) is 3.04. The van der Waals surface area contributed by atoms with Gasteiger partial charge in [-0.05, 0) is 24.6 Å². The first-order valence-corrected chi connectivity index (χ1v) is 6.21. The summed E-state index contributed by atoms with van der Waals surface area (Å²) in [5.41, 5.74) is -0.233. The van der Waals surface area contributed by atoms with Crippen LogP contribution in [0.25, 0.3) is 0 Å². The maximum Gasteiger partial charge on any atom is 0.337 e. The number of carboxylic acid groups (broad SMARTS) is 1. The van der Waals surface area contributed by atoms with E-state index in [9.17, 15) is 14.0 Å². The molecule has 1 heterocycles. The minimum absolute atomic E-state index is 0.0547. The summed E-state index contributed by atoms with van der Waals surface area (Å²) >= 11 is 0. The van der Waals surface area contributed by atoms with Gasteiger partial charge in [-0.25, -0.2) is 14.0 Å². The fraction of sp³-hybridized carbons (Fsp3) is 0.385. The molecule has 1 aromatic carbocycles. The van der Waals surface area contributed by atoms with Crippen LogP contribution in [0.3, 0.4) is 0 Å². The van der Waals surface area contributed by atoms with E-state index in [4.69, 9.17) is 9.84 Å². The number of hydrogen-bond acceptors (Lipinski definition) is 3. The van der Waals surface area contributed by atoms with E-state index in [1.807, 2.05) is 0 Å². The molecule has 1 aromatic rings. The number of halogens is 1. The van der Waals surface area contributed by atoms with E-state index in [1.54, 1.807) is 0 Å². The smallest absolute Gasteiger partial charge is 0.337 e. The number of rotatable bonds is 4. The largest absolute Gasteiger partial charge is 0.478 e. The highest BCUT2D eigenvalue weighted by molar-refractivity contribution is 5.99. The van der Waals surface area contributed by atoms with Crippen molar-refractivity contribution in [3.05, 3.63) is 29.6 Å². The molecular weight excluding hydrogens is 267 g/mol. The van der Waals surface area contributed by atoms with Crippen molar-refractivity contribution in [3.63, 3.8) is 0 Å². The van der Waals surface area contributed by atoms with Gasteiger partial charge in [-0.15, -0.1) is 0 Å². The molecule has 3 N–H and O–H groups in total. The Morgan fingerprint density at radius 2 is 2.25 bits per heavy atom. The summed E-state index contributed by atoms with van der Waals surface area (Å²) in [7, 11) is 0. The van der Waals surface area contributed by atoms with Crippen LogP contribution >= 0.6 is 0 Å². The van der Waals surface area contributed by atoms with Crippen molar-refractivity contribution >= 4 is 17.7 Å². The number of benzene rings is 1. The summed E-state index contributed by atoms with van der Waals surface area (Å²) < 4.78 is 18.2. The Hall–Kier alpha value is -2.15. The first kappa shape index (κ1) is 14.3. The normalized spacial score (nSPS) is 17.8. The predicted molar refractivity (Wildman–Crippen MR) is 69.3 cm³/mol. The Bertz CT molecular complexity index is 515. The Morgan fingerprint density at radius 1 is 1.45 bits per heavy atom. The summed E-state index contributed by atoms with van der Waals surface area (Å²) in [5.74, 6) is -1.70. The van der Waals surface area contributed by atoms with E-state index >= 15 is 0 Å². The first-order chi connectivity index (χ1) is 9.56. The second kappa shape index (κ2) is 6.33. The lowest BCUT2D eigenvalue weighted by Gasteiger charge is -2.12. The van der Waals surface area contributed by atoms with Crippen molar-refractivity contribution in [1.82, 2.24) is 5.32 Å². The lowest BCUT2D eigenvalue weighted by molar-refractivity contribution is 0.0697. The summed E-state index contributed by atoms with van der Waals surface area (Å²) in [4.78, 5) is 22.6. The third-order valence-electron chi connectivity index (χ3n) is 3.04. The average Bonchev–Trinajstić information content (AvgIpc) is 2.91. The number of carboxylic acids is 1. The molecule has 1 atom stereocenters. The quantitative estimate of drug-likeness (QED) is 0.784. The number of hydrogen-bond donors (Lipinski definition) is 3. The van der Waals surface area contributed by atoms with Gasteiger partial charge in [0.25, 0.3) is 0 Å². The second-order valence-corrected chi connectivity index (χ2v) is 4.56. The van der Waals surface area contributed by atoms with Gasteiger partial charge in [-0.3, -0.25) is 0 Å². The molecule has 1 aliphatic rings. The molecule has 0 aromatic heterocycles. The topological polar surface area (TPSA) is 87.7 Å². The summed E-state index contributed by atoms with van der Waals surface area (Å²) in [6.07, 6.45) is 0.886. The highest BCUT2D eigenvalue weighted by Gasteiger charge is 2.17. The third kappa shape index (κ3) is 3.67. The zero-order chi connectivity index (χ0) is 14.5. The van der Waals surface area contributed by atoms with Crippen molar-refractivity contribution in [2.75, 3.05) is 25.1 Å². The van der Waals surface area contributed by atoms with E-state index in [0.717, 1.165) is 18.6 Å². The van der Waals surface area contributed by atoms with Gasteiger partial charge in [0.1, 0.15) is 5.82 Å². The number of aromatic carboxylic acids is 1. The van der Waals surface area contributed by atoms with Crippen LogP contribution in [-0.2, 0) is 4.74 Å². The van der Waals surface area contributed by atoms with Crippen LogP contribution < -0.4 is 10.6 Å². The molecule has 0 bridgehead atoms. The van der Waals surface area contributed by atoms with Crippen molar-refractivity contribution in [1.29, 1.82) is 0 Å². The minimum Gasteiger partial charge on any atom is -0.478 e. The predicted octanol–water partition coefficient (Wildman–Crippen LogP) is 1.68. The van der Waals surface area contributed by atoms with Gasteiger partial charge in [0.05, 0.1) is 17.9 Å². The summed E-state index contributed by atoms with van der Waals surface area (Å²) in [6.45, 7) is 1.75. The van der Waals surface area contributed by atoms with Crippen LogP contribution in [0.1, 0.15) is 16.8 Å². The molecule has 1 fully saturated rings. The molecule has 20 heavy (non-hydrogen) atoms. The van der Waals surface area contributed by atoms with Gasteiger partial charge >= 0.3 is 12.0 Å². The highest BCUT2D eigenvalue weighted by atomic mass is 19.1. The van der Waals surface area contributed by atoms with Crippen LogP contribution in [0.2, 0.25) is 0 Å². The molecule has 2 rings (SSSR count). The van der Waals surface area contributed by atoms with E-state index in [0.29, 0.717) is 19.8 Å². The van der Waals surface area contributed by atoms with Crippen LogP contribution in [0, 0.1) is 11.7 Å². The molecule has 108 valence electrons. The van der Waals surface area contributed by atoms with Gasteiger partial charge in [0, 0.05) is 19.1 Å². The van der Waals surface area contributed by atoms with E-state index < -0.39 is 17.8 Å². The Kier molecular flexibility index (Phi) is 4.52. The van der Waals surface area contributed by atoms with Crippen molar-refractivity contribution in [2.24, 2.45) is 5.92 Å². The number of amides is 2. The second-order valence-electron chi connectivity index (χ2n) is 4.56. The van der Waals surface area contributed by atoms with Crippen molar-refractivity contribution < 1.29 is 23.8 Å². The number of nitrogens with one attached hydrogen (secondary N) is 2. The summed E-state index contributed by atoms with van der Waals surface area (Å²) in [6, 6.07) is 2.65. The lowest BCUT2D eigenvalue weighted by Crippen LogP contribution is -2.33.